The number of carbonyl (C=O) groups excluding carboxylic acids is 2. The number of thioether (sulfide) groups is 1. The number of nitrogen functional groups attached to an aromatic ring is 6. The number of H-pyrrole nitrogens is 5. The molecule has 2 amide bonds. The SMILES string of the molecule is CC(=O)N1CCC(n2nc(-c3cc4cc(O)ccc4[nH]3)c3c(N)ncnc32)CC1.CC(C)n1nc(-c2cc3cc(O)ccc3[nH]2)c2c(N)ncnc21.CC(C)n1nc(-c2cc3ccc(O)cc3[nH]2)c2c(N)ncnc21.CC(C)n1nc(-c2cc3ccccc3[nH]2)c2c(N)ncnc21.CC(C)n1nc(-c2cccc(C(=O)NC3=NCCS3)c2)c2c(N)ncnc21.Cc1cccc2cc(-c3nn(C(C)C)c4ncnc(N)c34)[nH]c12. The molecule has 0 atom stereocenters. The summed E-state index contributed by atoms with van der Waals surface area (Å²) in [6, 6.07) is 48.1. The lowest BCUT2D eigenvalue weighted by atomic mass is 10.1. The first-order chi connectivity index (χ1) is 70.8. The topological polar surface area (TPSA) is 619 Å². The van der Waals surface area contributed by atoms with Gasteiger partial charge >= 0.3 is 0 Å². The van der Waals surface area contributed by atoms with Gasteiger partial charge in [0.05, 0.1) is 73.4 Å². The molecule has 0 unspecified atom stereocenters. The van der Waals surface area contributed by atoms with E-state index >= 15 is 0 Å². The maximum atomic E-state index is 12.5. The van der Waals surface area contributed by atoms with Gasteiger partial charge in [0, 0.05) is 128 Å². The summed E-state index contributed by atoms with van der Waals surface area (Å²) < 4.78 is 11.2. The second-order valence-electron chi connectivity index (χ2n) is 37.1. The average Bonchev–Trinajstić information content (AvgIpc) is 1.62. The van der Waals surface area contributed by atoms with E-state index in [-0.39, 0.29) is 65.3 Å². The Morgan fingerprint density at radius 3 is 1.16 bits per heavy atom. The van der Waals surface area contributed by atoms with Gasteiger partial charge < -0.3 is 84.9 Å². The zero-order valence-electron chi connectivity index (χ0n) is 82.3. The number of aryl methyl sites for hydroxylation is 1. The standard InChI is InChI=1S/C20H21N7O2.C18H19N7OS.C17H18N6.2C16H16N6O.C16H16N6/c1-11(28)26-6-4-13(5-7-26)27-20-17(19(21)22-10-23-20)18(25-27)16-9-12-8-14(29)2-3-15(12)24-16;1-10(2)25-16-13(15(19)21-9-22-16)14(24-25)11-4-3-5-12(8-11)17(26)23-18-20-6-7-27-18;1-9(2)23-17-13(16(18)19-8-20-17)15(22-23)12-7-11-6-4-5-10(3)14(11)21-12;1-8(2)22-16-13(15(17)18-7-19-16)14(21-22)12-6-9-5-10(23)3-4-11(9)20-12;1-8(2)22-16-13(15(17)18-7-19-16)14(21-22)12-5-9-3-4-10(23)6-11(9)20-12;1-9(2)22-16-13(15(17)18-8-19-16)14(21-22)12-7-10-5-3-4-6-11(10)20-12/h2-3,8-10,13,24,29H,4-7H2,1H3,(H2,21,22,23);3-5,8-10H,6-7H2,1-2H3,(H2,19,21,22)(H,20,23,26);4-9,21H,1-3H3,(H2,18,19,20);2*3-8,20,23H,1-2H3,(H2,17,18,19);3-9,20H,1-2H3,(H2,17,18,19). The fourth-order valence-corrected chi connectivity index (χ4v) is 19.1. The van der Waals surface area contributed by atoms with Crippen molar-refractivity contribution in [2.24, 2.45) is 4.99 Å². The molecule has 1 saturated heterocycles. The van der Waals surface area contributed by atoms with Crippen LogP contribution in [-0.2, 0) is 4.79 Å². The van der Waals surface area contributed by atoms with Crippen LogP contribution in [0.25, 0.3) is 189 Å². The van der Waals surface area contributed by atoms with Gasteiger partial charge in [-0.15, -0.1) is 0 Å². The Labute approximate surface area is 841 Å². The second-order valence-corrected chi connectivity index (χ2v) is 38.2. The lowest BCUT2D eigenvalue weighted by Gasteiger charge is -2.31. The number of amidine groups is 1. The quantitative estimate of drug-likeness (QED) is 0.0510. The van der Waals surface area contributed by atoms with Crippen molar-refractivity contribution in [3.8, 4) is 85.4 Å². The molecule has 2 aliphatic rings. The number of carbonyl (C=O) groups is 2. The Bertz CT molecular complexity index is 8820. The molecule has 19 heterocycles. The van der Waals surface area contributed by atoms with Crippen LogP contribution in [0.4, 0.5) is 34.9 Å². The van der Waals surface area contributed by atoms with Crippen LogP contribution < -0.4 is 39.7 Å². The lowest BCUT2D eigenvalue weighted by Crippen LogP contribution is -2.37. The molecular formula is C103H106N38O5S. The molecule has 43 nitrogen and oxygen atoms in total. The van der Waals surface area contributed by atoms with E-state index in [0.717, 1.165) is 158 Å². The van der Waals surface area contributed by atoms with Gasteiger partial charge in [-0.1, -0.05) is 60.3 Å². The van der Waals surface area contributed by atoms with E-state index < -0.39 is 0 Å². The first kappa shape index (κ1) is 96.0. The van der Waals surface area contributed by atoms with Crippen molar-refractivity contribution in [1.82, 2.24) is 154 Å². The van der Waals surface area contributed by atoms with Gasteiger partial charge in [0.2, 0.25) is 5.91 Å². The van der Waals surface area contributed by atoms with E-state index in [0.29, 0.717) is 115 Å². The van der Waals surface area contributed by atoms with Gasteiger partial charge in [-0.3, -0.25) is 14.6 Å². The van der Waals surface area contributed by atoms with Crippen LogP contribution >= 0.6 is 11.8 Å². The average molecular weight is 1990 g/mol. The monoisotopic (exact) mass is 1990 g/mol. The van der Waals surface area contributed by atoms with Gasteiger partial charge in [0.25, 0.3) is 5.91 Å². The number of aromatic hydroxyl groups is 3. The molecule has 744 valence electrons. The fraction of sp³-hybridized carbons (Fsp3) is 0.233. The van der Waals surface area contributed by atoms with Gasteiger partial charge in [0.15, 0.2) is 39.1 Å². The van der Waals surface area contributed by atoms with Crippen LogP contribution in [0.1, 0.15) is 141 Å². The molecule has 2 aliphatic heterocycles. The first-order valence-electron chi connectivity index (χ1n) is 47.7. The van der Waals surface area contributed by atoms with Crippen LogP contribution in [0, 0.1) is 6.92 Å². The summed E-state index contributed by atoms with van der Waals surface area (Å²) in [5, 5.41) is 70.4. The number of phenols is 3. The van der Waals surface area contributed by atoms with Crippen LogP contribution in [0.15, 0.2) is 195 Å². The third-order valence-electron chi connectivity index (χ3n) is 25.5. The summed E-state index contributed by atoms with van der Waals surface area (Å²) in [5.74, 6) is 3.90. The maximum Gasteiger partial charge on any atom is 0.257 e. The maximum absolute atomic E-state index is 12.5. The number of hydrogen-bond donors (Lipinski definition) is 15. The summed E-state index contributed by atoms with van der Waals surface area (Å²) in [4.78, 5) is 98.0. The summed E-state index contributed by atoms with van der Waals surface area (Å²) in [6.45, 7) is 26.3. The number of hydrogen-bond acceptors (Lipinski definition) is 31. The Kier molecular flexibility index (Phi) is 25.7. The molecule has 21 N–H and O–H groups in total. The van der Waals surface area contributed by atoms with Crippen molar-refractivity contribution in [3.05, 3.63) is 201 Å². The third-order valence-corrected chi connectivity index (χ3v) is 26.4. The Hall–Kier alpha value is -18.5. The highest BCUT2D eigenvalue weighted by atomic mass is 32.2. The van der Waals surface area contributed by atoms with E-state index in [2.05, 4.69) is 176 Å². The van der Waals surface area contributed by atoms with E-state index in [1.54, 1.807) is 67.2 Å². The molecule has 147 heavy (non-hydrogen) atoms. The van der Waals surface area contributed by atoms with Crippen molar-refractivity contribution in [2.45, 2.75) is 132 Å². The summed E-state index contributed by atoms with van der Waals surface area (Å²) >= 11 is 1.55. The van der Waals surface area contributed by atoms with Crippen LogP contribution in [-0.4, -0.2) is 206 Å². The molecule has 0 saturated carbocycles. The minimum Gasteiger partial charge on any atom is -0.508 e. The summed E-state index contributed by atoms with van der Waals surface area (Å²) in [7, 11) is 0. The number of anilines is 6. The Morgan fingerprint density at radius 2 is 0.735 bits per heavy atom. The lowest BCUT2D eigenvalue weighted by molar-refractivity contribution is -0.130. The molecule has 17 aromatic heterocycles. The highest BCUT2D eigenvalue weighted by Crippen LogP contribution is 2.43. The number of nitrogens with zero attached hydrogens (tertiary/aromatic N) is 26. The number of amides is 2. The molecule has 23 aromatic rings. The zero-order valence-corrected chi connectivity index (χ0v) is 83.1. The number of para-hydroxylation sites is 2. The van der Waals surface area contributed by atoms with Crippen molar-refractivity contribution < 1.29 is 24.9 Å². The molecule has 0 aliphatic carbocycles. The first-order valence-corrected chi connectivity index (χ1v) is 48.7. The number of fused-ring (bicyclic) bond motifs is 11. The third kappa shape index (κ3) is 18.6. The van der Waals surface area contributed by atoms with E-state index in [1.165, 1.54) is 43.5 Å². The fourth-order valence-electron chi connectivity index (χ4n) is 18.4. The number of phenolic OH excluding ortho intramolecular Hbond substituents is 3. The minimum absolute atomic E-state index is 0.0994. The Balaban J connectivity index is 0.000000107. The van der Waals surface area contributed by atoms with Crippen molar-refractivity contribution in [3.63, 3.8) is 0 Å². The number of likely N-dealkylation sites (tertiary alicyclic amines) is 1. The van der Waals surface area contributed by atoms with Gasteiger partial charge in [-0.25, -0.2) is 87.9 Å². The number of benzene rings is 6. The highest BCUT2D eigenvalue weighted by Gasteiger charge is 2.31. The largest absolute Gasteiger partial charge is 0.508 e. The summed E-state index contributed by atoms with van der Waals surface area (Å²) in [5.41, 5.74) is 56.9. The van der Waals surface area contributed by atoms with Gasteiger partial charge in [0.1, 0.15) is 124 Å². The normalized spacial score (nSPS) is 12.9. The number of nitrogens with one attached hydrogen (secondary N) is 6. The number of aromatic amines is 5. The van der Waals surface area contributed by atoms with Crippen LogP contribution in [0.2, 0.25) is 0 Å². The van der Waals surface area contributed by atoms with E-state index in [4.69, 9.17) is 54.8 Å². The molecule has 0 radical (unpaired) electrons. The van der Waals surface area contributed by atoms with E-state index in [9.17, 15) is 24.9 Å². The summed E-state index contributed by atoms with van der Waals surface area (Å²) in [6.07, 6.45) is 10.4. The molecule has 0 spiro atoms. The van der Waals surface area contributed by atoms with Gasteiger partial charge in [-0.2, -0.15) is 30.6 Å². The number of aromatic nitrogens is 29. The molecule has 6 aromatic carbocycles. The number of nitrogens with two attached hydrogens (primary N) is 6. The Morgan fingerprint density at radius 1 is 0.374 bits per heavy atom. The molecule has 25 rings (SSSR count). The smallest absolute Gasteiger partial charge is 0.257 e. The molecule has 0 bridgehead atoms. The van der Waals surface area contributed by atoms with E-state index in [1.807, 2.05) is 141 Å². The second kappa shape index (κ2) is 39.4. The number of aliphatic imine (C=N–C) groups is 1. The zero-order chi connectivity index (χ0) is 103. The van der Waals surface area contributed by atoms with Crippen molar-refractivity contribution in [2.75, 3.05) is 59.8 Å². The molecule has 44 heteroatoms. The van der Waals surface area contributed by atoms with Crippen molar-refractivity contribution >= 4 is 184 Å². The molecular weight excluding hydrogens is 1880 g/mol. The van der Waals surface area contributed by atoms with Crippen LogP contribution in [0.5, 0.6) is 17.2 Å². The number of rotatable bonds is 13. The predicted molar refractivity (Wildman–Crippen MR) is 575 cm³/mol. The molecule has 1 fully saturated rings. The minimum atomic E-state index is -0.193. The van der Waals surface area contributed by atoms with Crippen molar-refractivity contribution in [1.29, 1.82) is 0 Å². The van der Waals surface area contributed by atoms with Crippen LogP contribution in [0.3, 0.4) is 0 Å². The highest BCUT2D eigenvalue weighted by molar-refractivity contribution is 8.14. The van der Waals surface area contributed by atoms with Gasteiger partial charge in [-0.05, 0) is 192 Å². The number of piperidine rings is 1. The predicted octanol–water partition coefficient (Wildman–Crippen LogP) is 17.2.